The maximum Gasteiger partial charge on any atom is 0.294 e. The van der Waals surface area contributed by atoms with E-state index >= 15 is 0 Å². The van der Waals surface area contributed by atoms with E-state index in [4.69, 9.17) is 14.5 Å². The molecule has 1 saturated heterocycles. The Kier molecular flexibility index (Phi) is 7.38. The Balaban J connectivity index is 1.18. The van der Waals surface area contributed by atoms with Gasteiger partial charge < -0.3 is 29.4 Å². The van der Waals surface area contributed by atoms with Gasteiger partial charge in [-0.15, -0.1) is 0 Å². The third-order valence-corrected chi connectivity index (χ3v) is 7.28. The van der Waals surface area contributed by atoms with Gasteiger partial charge in [0.05, 0.1) is 25.0 Å². The van der Waals surface area contributed by atoms with Crippen molar-refractivity contribution in [1.29, 1.82) is 0 Å². The van der Waals surface area contributed by atoms with Gasteiger partial charge in [0, 0.05) is 55.6 Å². The molecule has 0 radical (unpaired) electrons. The lowest BCUT2D eigenvalue weighted by Crippen LogP contribution is -2.25. The summed E-state index contributed by atoms with van der Waals surface area (Å²) in [6.45, 7) is 1.10. The first-order valence-electron chi connectivity index (χ1n) is 13.6. The number of nitrogens with one attached hydrogen (secondary N) is 2. The largest absolute Gasteiger partial charge is 0.494 e. The molecule has 2 aliphatic rings. The van der Waals surface area contributed by atoms with Crippen molar-refractivity contribution in [2.75, 3.05) is 29.2 Å². The molecule has 1 saturated carbocycles. The number of anilines is 3. The Morgan fingerprint density at radius 1 is 1.21 bits per heavy atom. The molecule has 12 nitrogen and oxygen atoms in total. The predicted molar refractivity (Wildman–Crippen MR) is 150 cm³/mol. The molecule has 2 fully saturated rings. The molecule has 0 aromatic carbocycles. The Bertz CT molecular complexity index is 1670. The molecule has 2 N–H and O–H groups in total. The van der Waals surface area contributed by atoms with Crippen LogP contribution in [0.4, 0.5) is 21.6 Å². The lowest BCUT2D eigenvalue weighted by Gasteiger charge is -2.17. The van der Waals surface area contributed by atoms with Crippen LogP contribution >= 0.6 is 0 Å². The topological polar surface area (TPSA) is 140 Å². The lowest BCUT2D eigenvalue weighted by molar-refractivity contribution is -0.143. The summed E-state index contributed by atoms with van der Waals surface area (Å²) in [7, 11) is 1.27. The minimum absolute atomic E-state index is 0.0454. The van der Waals surface area contributed by atoms with Crippen molar-refractivity contribution in [3.05, 3.63) is 71.8 Å². The van der Waals surface area contributed by atoms with Crippen molar-refractivity contribution in [2.45, 2.75) is 44.2 Å². The van der Waals surface area contributed by atoms with Crippen LogP contribution in [-0.4, -0.2) is 51.3 Å². The number of halogens is 1. The molecule has 1 aliphatic carbocycles. The first-order chi connectivity index (χ1) is 20.4. The zero-order valence-corrected chi connectivity index (χ0v) is 22.7. The van der Waals surface area contributed by atoms with Crippen molar-refractivity contribution in [1.82, 2.24) is 19.4 Å². The molecule has 5 heterocycles. The second kappa shape index (κ2) is 11.4. The van der Waals surface area contributed by atoms with E-state index in [1.54, 1.807) is 12.1 Å². The number of nitrogens with zero attached hydrogens (tertiary/aromatic N) is 5. The molecule has 2 amide bonds. The van der Waals surface area contributed by atoms with Crippen LogP contribution in [0.2, 0.25) is 0 Å². The number of rotatable bonds is 11. The Labute approximate surface area is 239 Å². The van der Waals surface area contributed by atoms with E-state index in [-0.39, 0.29) is 23.9 Å². The molecule has 6 rings (SSSR count). The summed E-state index contributed by atoms with van der Waals surface area (Å²) >= 11 is 0. The summed E-state index contributed by atoms with van der Waals surface area (Å²) in [6, 6.07) is 6.69. The van der Waals surface area contributed by atoms with E-state index in [0.717, 1.165) is 36.3 Å². The zero-order chi connectivity index (χ0) is 29.2. The second-order valence-corrected chi connectivity index (χ2v) is 10.1. The van der Waals surface area contributed by atoms with Crippen LogP contribution in [0.15, 0.2) is 49.1 Å². The maximum atomic E-state index is 14.7. The van der Waals surface area contributed by atoms with Crippen molar-refractivity contribution < 1.29 is 28.2 Å². The van der Waals surface area contributed by atoms with Gasteiger partial charge in [0.2, 0.25) is 12.0 Å². The highest BCUT2D eigenvalue weighted by molar-refractivity contribution is 5.98. The molecule has 42 heavy (non-hydrogen) atoms. The molecule has 0 bridgehead atoms. The summed E-state index contributed by atoms with van der Waals surface area (Å²) in [5.74, 6) is -1.13. The average Bonchev–Trinajstić information content (AvgIpc) is 3.63. The van der Waals surface area contributed by atoms with Gasteiger partial charge in [-0.3, -0.25) is 19.4 Å². The van der Waals surface area contributed by atoms with Gasteiger partial charge in [0.25, 0.3) is 12.4 Å². The summed E-state index contributed by atoms with van der Waals surface area (Å²) in [5, 5.41) is 5.81. The van der Waals surface area contributed by atoms with Crippen LogP contribution in [0.1, 0.15) is 54.7 Å². The minimum Gasteiger partial charge on any atom is -0.494 e. The van der Waals surface area contributed by atoms with Gasteiger partial charge in [-0.2, -0.15) is 0 Å². The number of carbonyl (C=O) groups excluding carboxylic acids is 3. The SMILES string of the molecule is COc1ccnc(C(OC=O)C(=O)Nc2cc(NCc3cn4cc(C5CC5)cc(N5CCCC5=O)c4n3)ccn2)c1F. The summed E-state index contributed by atoms with van der Waals surface area (Å²) in [6.07, 6.45) is 8.78. The molecule has 1 aliphatic heterocycles. The van der Waals surface area contributed by atoms with Crippen LogP contribution in [0.5, 0.6) is 5.75 Å². The molecule has 4 aromatic rings. The third-order valence-electron chi connectivity index (χ3n) is 7.28. The van der Waals surface area contributed by atoms with Crippen LogP contribution < -0.4 is 20.3 Å². The molecule has 13 heteroatoms. The molecular weight excluding hydrogens is 545 g/mol. The van der Waals surface area contributed by atoms with E-state index in [1.807, 2.05) is 15.5 Å². The van der Waals surface area contributed by atoms with Crippen molar-refractivity contribution >= 4 is 41.1 Å². The first kappa shape index (κ1) is 27.1. The van der Waals surface area contributed by atoms with E-state index in [1.165, 1.54) is 31.1 Å². The Morgan fingerprint density at radius 2 is 2.05 bits per heavy atom. The summed E-state index contributed by atoms with van der Waals surface area (Å²) in [5.41, 5.74) is 3.77. The lowest BCUT2D eigenvalue weighted by atomic mass is 10.1. The monoisotopic (exact) mass is 573 g/mol. The van der Waals surface area contributed by atoms with Crippen LogP contribution in [0.3, 0.4) is 0 Å². The standard InChI is InChI=1S/C29H28FN7O5/c1-41-22-7-9-32-26(25(22)30)27(42-16-38)29(40)35-23-12-19(6-8-31-23)33-13-20-15-36-14-18(17-4-5-17)11-21(28(36)34-20)37-10-2-3-24(37)39/h6-9,11-12,14-17,27H,2-5,10,13H2,1H3,(H2,31,33,35,40). The average molecular weight is 574 g/mol. The molecule has 216 valence electrons. The Hall–Kier alpha value is -5.07. The highest BCUT2D eigenvalue weighted by Gasteiger charge is 2.30. The van der Waals surface area contributed by atoms with Crippen molar-refractivity contribution in [2.24, 2.45) is 0 Å². The third kappa shape index (κ3) is 5.45. The van der Waals surface area contributed by atoms with Gasteiger partial charge in [0.15, 0.2) is 17.2 Å². The van der Waals surface area contributed by atoms with Gasteiger partial charge in [0.1, 0.15) is 11.5 Å². The normalized spacial score (nSPS) is 15.5. The van der Waals surface area contributed by atoms with Gasteiger partial charge in [-0.25, -0.2) is 14.4 Å². The van der Waals surface area contributed by atoms with Crippen molar-refractivity contribution in [3.8, 4) is 5.75 Å². The van der Waals surface area contributed by atoms with Gasteiger partial charge in [-0.05, 0) is 42.9 Å². The number of fused-ring (bicyclic) bond motifs is 1. The number of pyridine rings is 3. The van der Waals surface area contributed by atoms with E-state index in [9.17, 15) is 18.8 Å². The van der Waals surface area contributed by atoms with Gasteiger partial charge >= 0.3 is 0 Å². The Morgan fingerprint density at radius 3 is 2.79 bits per heavy atom. The van der Waals surface area contributed by atoms with Crippen molar-refractivity contribution in [3.63, 3.8) is 0 Å². The molecular formula is C29H28FN7O5. The highest BCUT2D eigenvalue weighted by Crippen LogP contribution is 2.42. The number of methoxy groups -OCH3 is 1. The smallest absolute Gasteiger partial charge is 0.294 e. The quantitative estimate of drug-likeness (QED) is 0.257. The molecule has 1 atom stereocenters. The van der Waals surface area contributed by atoms with E-state index in [2.05, 4.69) is 32.9 Å². The summed E-state index contributed by atoms with van der Waals surface area (Å²) in [4.78, 5) is 51.2. The molecule has 1 unspecified atom stereocenters. The number of ether oxygens (including phenoxy) is 2. The highest BCUT2D eigenvalue weighted by atomic mass is 19.1. The maximum absolute atomic E-state index is 14.7. The van der Waals surface area contributed by atoms with Gasteiger partial charge in [-0.1, -0.05) is 0 Å². The number of carbonyl (C=O) groups is 3. The fraction of sp³-hybridized carbons (Fsp3) is 0.310. The fourth-order valence-electron chi connectivity index (χ4n) is 5.06. The van der Waals surface area contributed by atoms with Crippen LogP contribution in [-0.2, 0) is 25.7 Å². The van der Waals surface area contributed by atoms with E-state index < -0.39 is 23.5 Å². The molecule has 4 aromatic heterocycles. The second-order valence-electron chi connectivity index (χ2n) is 10.1. The number of aromatic nitrogens is 4. The zero-order valence-electron chi connectivity index (χ0n) is 22.7. The molecule has 0 spiro atoms. The first-order valence-corrected chi connectivity index (χ1v) is 13.6. The number of hydrogen-bond donors (Lipinski definition) is 2. The van der Waals surface area contributed by atoms with E-state index in [0.29, 0.717) is 31.1 Å². The number of amides is 2. The summed E-state index contributed by atoms with van der Waals surface area (Å²) < 4.78 is 26.5. The number of imidazole rings is 1. The minimum atomic E-state index is -1.66. The predicted octanol–water partition coefficient (Wildman–Crippen LogP) is 3.74. The fourth-order valence-corrected chi connectivity index (χ4v) is 5.06. The van der Waals surface area contributed by atoms with Crippen LogP contribution in [0.25, 0.3) is 5.65 Å². The number of hydrogen-bond acceptors (Lipinski definition) is 9. The van der Waals surface area contributed by atoms with Crippen LogP contribution in [0, 0.1) is 5.82 Å².